The molecule has 0 aliphatic rings. The Hall–Kier alpha value is -0.820. The fourth-order valence-electron chi connectivity index (χ4n) is 1.07. The molecule has 1 nitrogen and oxygen atoms in total. The van der Waals surface area contributed by atoms with Gasteiger partial charge in [0.2, 0.25) is 0 Å². The van der Waals surface area contributed by atoms with Crippen LogP contribution in [0.15, 0.2) is 30.3 Å². The summed E-state index contributed by atoms with van der Waals surface area (Å²) < 4.78 is 4.96. The summed E-state index contributed by atoms with van der Waals surface area (Å²) in [5.74, 6) is 0. The van der Waals surface area contributed by atoms with Gasteiger partial charge in [-0.1, -0.05) is 58.0 Å². The van der Waals surface area contributed by atoms with Crippen LogP contribution >= 0.6 is 0 Å². The fraction of sp³-hybridized carbons (Fsp3) is 0.571. The van der Waals surface area contributed by atoms with E-state index >= 15 is 0 Å². The number of hydrogen-bond donors (Lipinski definition) is 0. The van der Waals surface area contributed by atoms with Crippen LogP contribution in [0.4, 0.5) is 0 Å². The molecular weight excluding hydrogens is 184 g/mol. The highest BCUT2D eigenvalue weighted by Gasteiger charge is 1.89. The second-order valence-corrected chi connectivity index (χ2v) is 2.58. The lowest BCUT2D eigenvalue weighted by Crippen LogP contribution is -1.91. The molecule has 0 aromatic heterocycles. The Kier molecular flexibility index (Phi) is 17.3. The molecule has 15 heavy (non-hydrogen) atoms. The van der Waals surface area contributed by atoms with Crippen LogP contribution in [-0.4, -0.2) is 13.7 Å². The molecule has 0 atom stereocenters. The molecule has 88 valence electrons. The number of hydrogen-bond acceptors (Lipinski definition) is 1. The van der Waals surface area contributed by atoms with Crippen LogP contribution in [0.3, 0.4) is 0 Å². The average molecular weight is 210 g/mol. The van der Waals surface area contributed by atoms with Crippen molar-refractivity contribution in [3.05, 3.63) is 35.9 Å². The Bertz CT molecular complexity index is 182. The molecule has 0 saturated carbocycles. The summed E-state index contributed by atoms with van der Waals surface area (Å²) in [4.78, 5) is 0. The van der Waals surface area contributed by atoms with E-state index in [1.54, 1.807) is 7.11 Å². The Morgan fingerprint density at radius 2 is 1.47 bits per heavy atom. The zero-order valence-electron chi connectivity index (χ0n) is 10.9. The standard InChI is InChI=1S/C10H14O.2C2H6/c1-11-9-5-8-10-6-3-2-4-7-10;2*1-2/h2-4,6-7H,5,8-9H2,1H3;2*1-2H3. The maximum atomic E-state index is 4.96. The second-order valence-electron chi connectivity index (χ2n) is 2.58. The van der Waals surface area contributed by atoms with Crippen LogP contribution in [0.2, 0.25) is 0 Å². The quantitative estimate of drug-likeness (QED) is 0.673. The minimum atomic E-state index is 0.856. The van der Waals surface area contributed by atoms with Gasteiger partial charge in [0.05, 0.1) is 0 Å². The molecule has 0 N–H and O–H groups in total. The van der Waals surface area contributed by atoms with Crippen molar-refractivity contribution in [3.63, 3.8) is 0 Å². The molecule has 0 aliphatic carbocycles. The number of methoxy groups -OCH3 is 1. The van der Waals surface area contributed by atoms with Gasteiger partial charge in [-0.15, -0.1) is 0 Å². The van der Waals surface area contributed by atoms with E-state index in [0.29, 0.717) is 0 Å². The molecule has 1 aromatic rings. The van der Waals surface area contributed by atoms with Crippen molar-refractivity contribution in [1.29, 1.82) is 0 Å². The number of benzene rings is 1. The maximum Gasteiger partial charge on any atom is 0.0465 e. The van der Waals surface area contributed by atoms with Gasteiger partial charge in [0.1, 0.15) is 0 Å². The third kappa shape index (κ3) is 11.1. The minimum absolute atomic E-state index is 0.856. The molecular formula is C14H26O. The molecule has 0 aliphatic heterocycles. The third-order valence-electron chi connectivity index (χ3n) is 1.66. The first kappa shape index (κ1) is 16.6. The van der Waals surface area contributed by atoms with Gasteiger partial charge in [-0.2, -0.15) is 0 Å². The molecule has 0 fully saturated rings. The number of aryl methyl sites for hydroxylation is 1. The molecule has 0 bridgehead atoms. The summed E-state index contributed by atoms with van der Waals surface area (Å²) >= 11 is 0. The number of rotatable bonds is 4. The van der Waals surface area contributed by atoms with Gasteiger partial charge in [0, 0.05) is 13.7 Å². The first-order valence-corrected chi connectivity index (χ1v) is 5.96. The van der Waals surface area contributed by atoms with Crippen LogP contribution in [0.1, 0.15) is 39.7 Å². The van der Waals surface area contributed by atoms with Gasteiger partial charge < -0.3 is 4.74 Å². The van der Waals surface area contributed by atoms with E-state index in [2.05, 4.69) is 24.3 Å². The predicted molar refractivity (Wildman–Crippen MR) is 69.3 cm³/mol. The topological polar surface area (TPSA) is 9.23 Å². The molecule has 1 rings (SSSR count). The zero-order valence-corrected chi connectivity index (χ0v) is 10.9. The van der Waals surface area contributed by atoms with Crippen molar-refractivity contribution in [3.8, 4) is 0 Å². The summed E-state index contributed by atoms with van der Waals surface area (Å²) in [6, 6.07) is 10.5. The zero-order chi connectivity index (χ0) is 11.9. The van der Waals surface area contributed by atoms with E-state index < -0.39 is 0 Å². The lowest BCUT2D eigenvalue weighted by molar-refractivity contribution is 0.195. The normalized spacial score (nSPS) is 8.07. The lowest BCUT2D eigenvalue weighted by atomic mass is 10.1. The van der Waals surface area contributed by atoms with Crippen molar-refractivity contribution in [2.75, 3.05) is 13.7 Å². The smallest absolute Gasteiger partial charge is 0.0465 e. The average Bonchev–Trinajstić information content (AvgIpc) is 2.36. The molecule has 1 aromatic carbocycles. The molecule has 0 amide bonds. The monoisotopic (exact) mass is 210 g/mol. The number of ether oxygens (including phenoxy) is 1. The SMILES string of the molecule is CC.CC.COCCCc1ccccc1. The van der Waals surface area contributed by atoms with Gasteiger partial charge in [0.15, 0.2) is 0 Å². The Morgan fingerprint density at radius 3 is 1.93 bits per heavy atom. The van der Waals surface area contributed by atoms with Gasteiger partial charge >= 0.3 is 0 Å². The molecule has 1 heteroatoms. The van der Waals surface area contributed by atoms with Crippen LogP contribution in [0.25, 0.3) is 0 Å². The Labute approximate surface area is 95.5 Å². The predicted octanol–water partition coefficient (Wildman–Crippen LogP) is 4.32. The highest BCUT2D eigenvalue weighted by Crippen LogP contribution is 2.01. The van der Waals surface area contributed by atoms with Gasteiger partial charge in [-0.3, -0.25) is 0 Å². The van der Waals surface area contributed by atoms with E-state index in [4.69, 9.17) is 4.74 Å². The summed E-state index contributed by atoms with van der Waals surface area (Å²) in [6.45, 7) is 8.86. The maximum absolute atomic E-state index is 4.96. The summed E-state index contributed by atoms with van der Waals surface area (Å²) in [5.41, 5.74) is 1.39. The van der Waals surface area contributed by atoms with Crippen molar-refractivity contribution in [2.45, 2.75) is 40.5 Å². The Balaban J connectivity index is 0. The highest BCUT2D eigenvalue weighted by atomic mass is 16.5. The van der Waals surface area contributed by atoms with E-state index in [1.165, 1.54) is 5.56 Å². The molecule has 0 unspecified atom stereocenters. The van der Waals surface area contributed by atoms with Crippen molar-refractivity contribution < 1.29 is 4.74 Å². The Morgan fingerprint density at radius 1 is 0.933 bits per heavy atom. The second kappa shape index (κ2) is 15.6. The van der Waals surface area contributed by atoms with E-state index in [0.717, 1.165) is 19.4 Å². The van der Waals surface area contributed by atoms with Crippen LogP contribution in [-0.2, 0) is 11.2 Å². The highest BCUT2D eigenvalue weighted by molar-refractivity contribution is 5.14. The summed E-state index contributed by atoms with van der Waals surface area (Å²) in [7, 11) is 1.74. The lowest BCUT2D eigenvalue weighted by Gasteiger charge is -1.98. The van der Waals surface area contributed by atoms with Gasteiger partial charge in [-0.05, 0) is 18.4 Å². The fourth-order valence-corrected chi connectivity index (χ4v) is 1.07. The third-order valence-corrected chi connectivity index (χ3v) is 1.66. The van der Waals surface area contributed by atoms with Crippen LogP contribution < -0.4 is 0 Å². The van der Waals surface area contributed by atoms with Crippen molar-refractivity contribution in [1.82, 2.24) is 0 Å². The first-order chi connectivity index (χ1) is 7.43. The molecule has 0 heterocycles. The van der Waals surface area contributed by atoms with Crippen LogP contribution in [0.5, 0.6) is 0 Å². The van der Waals surface area contributed by atoms with E-state index in [1.807, 2.05) is 33.8 Å². The minimum Gasteiger partial charge on any atom is -0.385 e. The molecule has 0 spiro atoms. The van der Waals surface area contributed by atoms with E-state index in [-0.39, 0.29) is 0 Å². The molecule has 0 radical (unpaired) electrons. The summed E-state index contributed by atoms with van der Waals surface area (Å²) in [5, 5.41) is 0. The van der Waals surface area contributed by atoms with E-state index in [9.17, 15) is 0 Å². The van der Waals surface area contributed by atoms with Crippen molar-refractivity contribution >= 4 is 0 Å². The van der Waals surface area contributed by atoms with Gasteiger partial charge in [0.25, 0.3) is 0 Å². The first-order valence-electron chi connectivity index (χ1n) is 5.96. The van der Waals surface area contributed by atoms with Crippen LogP contribution in [0, 0.1) is 0 Å². The largest absolute Gasteiger partial charge is 0.385 e. The van der Waals surface area contributed by atoms with Crippen molar-refractivity contribution in [2.24, 2.45) is 0 Å². The summed E-state index contributed by atoms with van der Waals surface area (Å²) in [6.07, 6.45) is 2.23. The molecule has 0 saturated heterocycles. The van der Waals surface area contributed by atoms with Gasteiger partial charge in [-0.25, -0.2) is 0 Å².